The van der Waals surface area contributed by atoms with E-state index in [1.165, 1.54) is 30.6 Å². The molecular formula is C21H28N2O4S. The Hall–Kier alpha value is -1.89. The van der Waals surface area contributed by atoms with Gasteiger partial charge in [0.15, 0.2) is 6.61 Å². The van der Waals surface area contributed by atoms with Gasteiger partial charge in [-0.3, -0.25) is 10.1 Å². The fourth-order valence-corrected chi connectivity index (χ4v) is 6.88. The Morgan fingerprint density at radius 3 is 2.29 bits per heavy atom. The summed E-state index contributed by atoms with van der Waals surface area (Å²) in [6.07, 6.45) is 7.79. The number of hydrogen-bond acceptors (Lipinski definition) is 5. The molecule has 7 heteroatoms. The summed E-state index contributed by atoms with van der Waals surface area (Å²) in [7, 11) is 0. The molecule has 4 bridgehead atoms. The molecule has 5 rings (SSSR count). The summed E-state index contributed by atoms with van der Waals surface area (Å²) in [4.78, 5) is 38.2. The van der Waals surface area contributed by atoms with E-state index in [4.69, 9.17) is 4.74 Å². The molecule has 1 heterocycles. The minimum Gasteiger partial charge on any atom is -0.451 e. The van der Waals surface area contributed by atoms with E-state index in [1.54, 1.807) is 6.07 Å². The number of hydrogen-bond donors (Lipinski definition) is 2. The van der Waals surface area contributed by atoms with Crippen molar-refractivity contribution in [2.45, 2.75) is 64.3 Å². The third-order valence-electron chi connectivity index (χ3n) is 6.55. The van der Waals surface area contributed by atoms with E-state index < -0.39 is 24.5 Å². The van der Waals surface area contributed by atoms with Crippen LogP contribution in [0.4, 0.5) is 4.79 Å². The summed E-state index contributed by atoms with van der Waals surface area (Å²) in [5.74, 6) is 1.02. The highest BCUT2D eigenvalue weighted by atomic mass is 32.1. The van der Waals surface area contributed by atoms with E-state index in [0.717, 1.165) is 36.1 Å². The van der Waals surface area contributed by atoms with E-state index in [-0.39, 0.29) is 5.54 Å². The minimum absolute atomic E-state index is 0.152. The number of ether oxygens (including phenoxy) is 1. The van der Waals surface area contributed by atoms with Gasteiger partial charge in [-0.2, -0.15) is 0 Å². The molecule has 4 aliphatic carbocycles. The van der Waals surface area contributed by atoms with Crippen LogP contribution in [0, 0.1) is 24.7 Å². The van der Waals surface area contributed by atoms with Crippen molar-refractivity contribution in [3.05, 3.63) is 21.4 Å². The fourth-order valence-electron chi connectivity index (χ4n) is 5.87. The standard InChI is InChI=1S/C21H28N2O4S/c1-3-16-12(2)4-17(28-16)19(25)27-11-18(24)22-20(26)23-21-8-13-5-14(9-21)7-15(6-13)10-21/h4,13-15H,3,5-11H2,1-2H3,(H2,22,23,24,26). The van der Waals surface area contributed by atoms with Gasteiger partial charge in [0, 0.05) is 10.4 Å². The van der Waals surface area contributed by atoms with E-state index in [0.29, 0.717) is 22.6 Å². The minimum atomic E-state index is -0.598. The molecule has 0 radical (unpaired) electrons. The Morgan fingerprint density at radius 2 is 1.75 bits per heavy atom. The van der Waals surface area contributed by atoms with Gasteiger partial charge in [0.2, 0.25) is 0 Å². The van der Waals surface area contributed by atoms with E-state index in [9.17, 15) is 14.4 Å². The SMILES string of the molecule is CCc1sc(C(=O)OCC(=O)NC(=O)NC23CC4CC(CC(C4)C2)C3)cc1C. The highest BCUT2D eigenvalue weighted by Gasteiger charge is 2.51. The van der Waals surface area contributed by atoms with E-state index >= 15 is 0 Å². The van der Waals surface area contributed by atoms with Crippen LogP contribution in [0.5, 0.6) is 0 Å². The monoisotopic (exact) mass is 404 g/mol. The third-order valence-corrected chi connectivity index (χ3v) is 7.91. The maximum Gasteiger partial charge on any atom is 0.348 e. The number of rotatable bonds is 5. The van der Waals surface area contributed by atoms with Crippen molar-refractivity contribution in [2.75, 3.05) is 6.61 Å². The van der Waals surface area contributed by atoms with Crippen molar-refractivity contribution < 1.29 is 19.1 Å². The van der Waals surface area contributed by atoms with Crippen LogP contribution in [0.3, 0.4) is 0 Å². The van der Waals surface area contributed by atoms with Crippen LogP contribution in [0.2, 0.25) is 0 Å². The summed E-state index contributed by atoms with van der Waals surface area (Å²) in [5, 5.41) is 5.41. The highest BCUT2D eigenvalue weighted by molar-refractivity contribution is 7.14. The second kappa shape index (κ2) is 7.50. The first-order valence-electron chi connectivity index (χ1n) is 10.2. The first kappa shape index (κ1) is 19.4. The zero-order valence-corrected chi connectivity index (χ0v) is 17.3. The van der Waals surface area contributed by atoms with Crippen LogP contribution >= 0.6 is 11.3 Å². The van der Waals surface area contributed by atoms with Gasteiger partial charge < -0.3 is 10.1 Å². The first-order chi connectivity index (χ1) is 13.4. The van der Waals surface area contributed by atoms with Crippen molar-refractivity contribution in [1.82, 2.24) is 10.6 Å². The average molecular weight is 405 g/mol. The normalized spacial score (nSPS) is 30.1. The number of imide groups is 1. The molecule has 152 valence electrons. The molecule has 4 aliphatic rings. The highest BCUT2D eigenvalue weighted by Crippen LogP contribution is 2.55. The van der Waals surface area contributed by atoms with Crippen molar-refractivity contribution in [3.8, 4) is 0 Å². The van der Waals surface area contributed by atoms with Crippen LogP contribution in [0.1, 0.15) is 65.6 Å². The molecule has 0 atom stereocenters. The van der Waals surface area contributed by atoms with Gasteiger partial charge in [-0.25, -0.2) is 9.59 Å². The zero-order chi connectivity index (χ0) is 19.9. The topological polar surface area (TPSA) is 84.5 Å². The van der Waals surface area contributed by atoms with Gasteiger partial charge in [0.1, 0.15) is 4.88 Å². The molecule has 0 spiro atoms. The van der Waals surface area contributed by atoms with Gasteiger partial charge in [-0.15, -0.1) is 11.3 Å². The summed E-state index contributed by atoms with van der Waals surface area (Å²) in [6.45, 7) is 3.53. The molecule has 2 N–H and O–H groups in total. The molecule has 6 nitrogen and oxygen atoms in total. The van der Waals surface area contributed by atoms with Gasteiger partial charge in [-0.1, -0.05) is 6.92 Å². The molecule has 1 aromatic rings. The van der Waals surface area contributed by atoms with Gasteiger partial charge >= 0.3 is 12.0 Å². The molecule has 28 heavy (non-hydrogen) atoms. The molecule has 3 amide bonds. The van der Waals surface area contributed by atoms with E-state index in [1.807, 2.05) is 13.8 Å². The molecule has 4 saturated carbocycles. The largest absolute Gasteiger partial charge is 0.451 e. The lowest BCUT2D eigenvalue weighted by molar-refractivity contribution is -0.123. The van der Waals surface area contributed by atoms with Crippen molar-refractivity contribution in [2.24, 2.45) is 17.8 Å². The average Bonchev–Trinajstić information content (AvgIpc) is 2.98. The number of esters is 1. The molecule has 0 saturated heterocycles. The number of aryl methyl sites for hydroxylation is 2. The quantitative estimate of drug-likeness (QED) is 0.735. The zero-order valence-electron chi connectivity index (χ0n) is 16.5. The van der Waals surface area contributed by atoms with Crippen LogP contribution < -0.4 is 10.6 Å². The smallest absolute Gasteiger partial charge is 0.348 e. The lowest BCUT2D eigenvalue weighted by atomic mass is 9.53. The van der Waals surface area contributed by atoms with Gasteiger partial charge in [0.25, 0.3) is 5.91 Å². The van der Waals surface area contributed by atoms with Crippen LogP contribution in [-0.2, 0) is 16.0 Å². The number of carbonyl (C=O) groups is 3. The third kappa shape index (κ3) is 3.95. The Balaban J connectivity index is 1.26. The number of amides is 3. The van der Waals surface area contributed by atoms with E-state index in [2.05, 4.69) is 10.6 Å². The first-order valence-corrected chi connectivity index (χ1v) is 11.1. The summed E-state index contributed by atoms with van der Waals surface area (Å²) < 4.78 is 5.08. The molecule has 0 unspecified atom stereocenters. The Morgan fingerprint density at radius 1 is 1.14 bits per heavy atom. The molecule has 0 aliphatic heterocycles. The summed E-state index contributed by atoms with van der Waals surface area (Å²) >= 11 is 1.38. The second-order valence-corrected chi connectivity index (χ2v) is 9.98. The van der Waals surface area contributed by atoms with Crippen molar-refractivity contribution >= 4 is 29.2 Å². The van der Waals surface area contributed by atoms with Crippen molar-refractivity contribution in [3.63, 3.8) is 0 Å². The summed E-state index contributed by atoms with van der Waals surface area (Å²) in [6, 6.07) is 1.31. The number of nitrogens with one attached hydrogen (secondary N) is 2. The number of thiophene rings is 1. The Bertz CT molecular complexity index is 765. The van der Waals surface area contributed by atoms with Crippen LogP contribution in [-0.4, -0.2) is 30.1 Å². The predicted octanol–water partition coefficient (Wildman–Crippen LogP) is 3.57. The fraction of sp³-hybridized carbons (Fsp3) is 0.667. The molecule has 4 fully saturated rings. The molecule has 0 aromatic carbocycles. The van der Waals surface area contributed by atoms with Gasteiger partial charge in [0.05, 0.1) is 0 Å². The molecule has 1 aromatic heterocycles. The number of carbonyl (C=O) groups excluding carboxylic acids is 3. The van der Waals surface area contributed by atoms with Gasteiger partial charge in [-0.05, 0) is 81.3 Å². The van der Waals surface area contributed by atoms with Crippen LogP contribution in [0.15, 0.2) is 6.07 Å². The second-order valence-electron chi connectivity index (χ2n) is 8.85. The lowest BCUT2D eigenvalue weighted by Crippen LogP contribution is -2.62. The lowest BCUT2D eigenvalue weighted by Gasteiger charge is -2.56. The maximum atomic E-state index is 12.4. The Kier molecular flexibility index (Phi) is 5.21. The van der Waals surface area contributed by atoms with Crippen LogP contribution in [0.25, 0.3) is 0 Å². The van der Waals surface area contributed by atoms with Crippen molar-refractivity contribution in [1.29, 1.82) is 0 Å². The summed E-state index contributed by atoms with van der Waals surface area (Å²) in [5.41, 5.74) is 0.903. The Labute approximate surface area is 169 Å². The molecular weight excluding hydrogens is 376 g/mol. The number of urea groups is 1. The predicted molar refractivity (Wildman–Crippen MR) is 106 cm³/mol. The maximum absolute atomic E-state index is 12.4.